The van der Waals surface area contributed by atoms with E-state index in [0.717, 1.165) is 19.3 Å². The molecule has 1 aliphatic rings. The minimum absolute atomic E-state index is 0.0270. The average molecular weight is 361 g/mol. The van der Waals surface area contributed by atoms with Crippen molar-refractivity contribution < 1.29 is 18.3 Å². The van der Waals surface area contributed by atoms with E-state index in [2.05, 4.69) is 4.98 Å². The summed E-state index contributed by atoms with van der Waals surface area (Å²) in [6.45, 7) is 1.07. The smallest absolute Gasteiger partial charge is 0.336 e. The molecule has 0 atom stereocenters. The molecule has 0 unspecified atom stereocenters. The molecule has 132 valence electrons. The number of nitrogen functional groups attached to an aromatic ring is 1. The van der Waals surface area contributed by atoms with Gasteiger partial charge in [-0.1, -0.05) is 18.6 Å². The normalized spacial score (nSPS) is 15.8. The van der Waals surface area contributed by atoms with Gasteiger partial charge in [0.15, 0.2) is 0 Å². The Balaban J connectivity index is 1.94. The molecule has 0 aliphatic carbocycles. The second-order valence-electron chi connectivity index (χ2n) is 5.95. The average Bonchev–Trinajstić information content (AvgIpc) is 2.62. The first-order chi connectivity index (χ1) is 11.9. The van der Waals surface area contributed by atoms with E-state index in [-0.39, 0.29) is 16.3 Å². The maximum Gasteiger partial charge on any atom is 0.336 e. The molecule has 25 heavy (non-hydrogen) atoms. The van der Waals surface area contributed by atoms with Crippen molar-refractivity contribution in [3.05, 3.63) is 42.1 Å². The molecule has 1 aromatic heterocycles. The summed E-state index contributed by atoms with van der Waals surface area (Å²) in [4.78, 5) is 15.5. The van der Waals surface area contributed by atoms with Gasteiger partial charge in [0.1, 0.15) is 5.82 Å². The molecular weight excluding hydrogens is 342 g/mol. The number of nitrogens with zero attached hydrogens (tertiary/aromatic N) is 2. The molecule has 3 rings (SSSR count). The van der Waals surface area contributed by atoms with Gasteiger partial charge in [0, 0.05) is 24.8 Å². The second-order valence-corrected chi connectivity index (χ2v) is 7.89. The van der Waals surface area contributed by atoms with Crippen LogP contribution in [0.5, 0.6) is 0 Å². The minimum atomic E-state index is -3.51. The molecule has 1 aliphatic heterocycles. The number of aromatic nitrogens is 1. The van der Waals surface area contributed by atoms with E-state index in [0.29, 0.717) is 24.2 Å². The van der Waals surface area contributed by atoms with Crippen LogP contribution in [-0.4, -0.2) is 41.9 Å². The van der Waals surface area contributed by atoms with Crippen LogP contribution >= 0.6 is 0 Å². The van der Waals surface area contributed by atoms with Crippen LogP contribution in [0.15, 0.2) is 41.4 Å². The number of pyridine rings is 1. The molecule has 7 nitrogen and oxygen atoms in total. The van der Waals surface area contributed by atoms with Crippen LogP contribution in [-0.2, 0) is 10.0 Å². The van der Waals surface area contributed by atoms with Crippen LogP contribution in [0.4, 0.5) is 5.82 Å². The molecule has 8 heteroatoms. The van der Waals surface area contributed by atoms with Gasteiger partial charge in [-0.2, -0.15) is 4.31 Å². The van der Waals surface area contributed by atoms with E-state index in [1.807, 2.05) is 0 Å². The van der Waals surface area contributed by atoms with E-state index in [1.54, 1.807) is 12.1 Å². The SMILES string of the molecule is Nc1cc(C(=O)O)c(-c2ccc(S(=O)(=O)N3CCCCC3)cc2)cn1. The fraction of sp³-hybridized carbons (Fsp3) is 0.294. The van der Waals surface area contributed by atoms with Crippen molar-refractivity contribution in [1.29, 1.82) is 0 Å². The first-order valence-corrected chi connectivity index (χ1v) is 9.43. The van der Waals surface area contributed by atoms with Gasteiger partial charge in [-0.25, -0.2) is 18.2 Å². The largest absolute Gasteiger partial charge is 0.478 e. The molecule has 1 fully saturated rings. The van der Waals surface area contributed by atoms with Gasteiger partial charge in [-0.3, -0.25) is 0 Å². The molecule has 0 amide bonds. The third kappa shape index (κ3) is 3.49. The highest BCUT2D eigenvalue weighted by Crippen LogP contribution is 2.27. The van der Waals surface area contributed by atoms with Gasteiger partial charge in [0.25, 0.3) is 0 Å². The van der Waals surface area contributed by atoms with Gasteiger partial charge < -0.3 is 10.8 Å². The number of rotatable bonds is 4. The van der Waals surface area contributed by atoms with Gasteiger partial charge >= 0.3 is 5.97 Å². The maximum atomic E-state index is 12.7. The van der Waals surface area contributed by atoms with Gasteiger partial charge in [-0.05, 0) is 36.6 Å². The Morgan fingerprint density at radius 1 is 1.12 bits per heavy atom. The summed E-state index contributed by atoms with van der Waals surface area (Å²) >= 11 is 0. The number of carbonyl (C=O) groups is 1. The van der Waals surface area contributed by atoms with Gasteiger partial charge in [0.2, 0.25) is 10.0 Å². The number of sulfonamides is 1. The summed E-state index contributed by atoms with van der Waals surface area (Å²) in [6.07, 6.45) is 4.17. The maximum absolute atomic E-state index is 12.7. The lowest BCUT2D eigenvalue weighted by molar-refractivity contribution is 0.0697. The number of carboxylic acids is 1. The number of nitrogens with two attached hydrogens (primary N) is 1. The summed E-state index contributed by atoms with van der Waals surface area (Å²) < 4.78 is 26.8. The monoisotopic (exact) mass is 361 g/mol. The van der Waals surface area contributed by atoms with E-state index >= 15 is 0 Å². The standard InChI is InChI=1S/C17H19N3O4S/c18-16-10-14(17(21)22)15(11-19-16)12-4-6-13(7-5-12)25(23,24)20-8-2-1-3-9-20/h4-7,10-11H,1-3,8-9H2,(H2,18,19)(H,21,22). The van der Waals surface area contributed by atoms with Crippen molar-refractivity contribution in [2.75, 3.05) is 18.8 Å². The van der Waals surface area contributed by atoms with Crippen LogP contribution in [0, 0.1) is 0 Å². The van der Waals surface area contributed by atoms with Crippen molar-refractivity contribution in [2.45, 2.75) is 24.2 Å². The van der Waals surface area contributed by atoms with Crippen LogP contribution in [0.25, 0.3) is 11.1 Å². The Morgan fingerprint density at radius 2 is 1.76 bits per heavy atom. The summed E-state index contributed by atoms with van der Waals surface area (Å²) in [5.74, 6) is -1.00. The molecule has 2 aromatic rings. The molecule has 0 radical (unpaired) electrons. The Bertz CT molecular complexity index is 889. The summed E-state index contributed by atoms with van der Waals surface area (Å²) in [5, 5.41) is 9.32. The van der Waals surface area contributed by atoms with Crippen LogP contribution in [0.2, 0.25) is 0 Å². The third-order valence-electron chi connectivity index (χ3n) is 4.27. The van der Waals surface area contributed by atoms with Crippen LogP contribution in [0.3, 0.4) is 0 Å². The zero-order valence-corrected chi connectivity index (χ0v) is 14.4. The zero-order valence-electron chi connectivity index (χ0n) is 13.6. The fourth-order valence-electron chi connectivity index (χ4n) is 2.94. The predicted molar refractivity (Wildman–Crippen MR) is 93.7 cm³/mol. The minimum Gasteiger partial charge on any atom is -0.478 e. The Kier molecular flexibility index (Phi) is 4.73. The predicted octanol–water partition coefficient (Wildman–Crippen LogP) is 2.20. The fourth-order valence-corrected chi connectivity index (χ4v) is 4.46. The van der Waals surface area contributed by atoms with E-state index in [1.165, 1.54) is 28.7 Å². The third-order valence-corrected chi connectivity index (χ3v) is 6.19. The highest BCUT2D eigenvalue weighted by Gasteiger charge is 2.26. The molecule has 3 N–H and O–H groups in total. The number of anilines is 1. The first kappa shape index (κ1) is 17.4. The highest BCUT2D eigenvalue weighted by molar-refractivity contribution is 7.89. The number of aromatic carboxylic acids is 1. The highest BCUT2D eigenvalue weighted by atomic mass is 32.2. The molecule has 0 spiro atoms. The molecule has 1 aromatic carbocycles. The van der Waals surface area contributed by atoms with Crippen LogP contribution in [0.1, 0.15) is 29.6 Å². The topological polar surface area (TPSA) is 114 Å². The molecule has 1 saturated heterocycles. The Hall–Kier alpha value is -2.45. The molecular formula is C17H19N3O4S. The zero-order chi connectivity index (χ0) is 18.0. The second kappa shape index (κ2) is 6.81. The van der Waals surface area contributed by atoms with Crippen molar-refractivity contribution in [3.8, 4) is 11.1 Å². The van der Waals surface area contributed by atoms with Crippen molar-refractivity contribution in [3.63, 3.8) is 0 Å². The van der Waals surface area contributed by atoms with Crippen molar-refractivity contribution in [2.24, 2.45) is 0 Å². The molecule has 0 bridgehead atoms. The number of hydrogen-bond donors (Lipinski definition) is 2. The van der Waals surface area contributed by atoms with Crippen molar-refractivity contribution >= 4 is 21.8 Å². The van der Waals surface area contributed by atoms with Crippen molar-refractivity contribution in [1.82, 2.24) is 9.29 Å². The van der Waals surface area contributed by atoms with Gasteiger partial charge in [0.05, 0.1) is 10.5 Å². The summed E-state index contributed by atoms with van der Waals surface area (Å²) in [6, 6.07) is 7.48. The Morgan fingerprint density at radius 3 is 2.36 bits per heavy atom. The lowest BCUT2D eigenvalue weighted by Crippen LogP contribution is -2.35. The summed E-state index contributed by atoms with van der Waals surface area (Å²) in [5.41, 5.74) is 6.54. The lowest BCUT2D eigenvalue weighted by Gasteiger charge is -2.25. The Labute approximate surface area is 146 Å². The number of piperidine rings is 1. The number of carboxylic acid groups (broad SMARTS) is 1. The number of hydrogen-bond acceptors (Lipinski definition) is 5. The number of benzene rings is 1. The summed E-state index contributed by atoms with van der Waals surface area (Å²) in [7, 11) is -3.51. The first-order valence-electron chi connectivity index (χ1n) is 7.99. The van der Waals surface area contributed by atoms with E-state index in [4.69, 9.17) is 5.73 Å². The molecule has 0 saturated carbocycles. The van der Waals surface area contributed by atoms with Gasteiger partial charge in [-0.15, -0.1) is 0 Å². The van der Waals surface area contributed by atoms with E-state index in [9.17, 15) is 18.3 Å². The van der Waals surface area contributed by atoms with E-state index < -0.39 is 16.0 Å². The van der Waals surface area contributed by atoms with Crippen LogP contribution < -0.4 is 5.73 Å². The molecule has 2 heterocycles. The lowest BCUT2D eigenvalue weighted by atomic mass is 10.0. The quantitative estimate of drug-likeness (QED) is 0.863.